The van der Waals surface area contributed by atoms with E-state index in [2.05, 4.69) is 5.32 Å². The Balaban J connectivity index is 1.56. The topological polar surface area (TPSA) is 58.6 Å². The van der Waals surface area contributed by atoms with Crippen molar-refractivity contribution in [2.45, 2.75) is 17.9 Å². The molecule has 1 atom stereocenters. The van der Waals surface area contributed by atoms with Gasteiger partial charge in [-0.1, -0.05) is 54.2 Å². The molecule has 0 spiro atoms. The van der Waals surface area contributed by atoms with Gasteiger partial charge in [-0.05, 0) is 54.5 Å². The molecule has 1 aliphatic heterocycles. The van der Waals surface area contributed by atoms with Crippen LogP contribution in [0.3, 0.4) is 0 Å². The summed E-state index contributed by atoms with van der Waals surface area (Å²) in [6.45, 7) is 1.95. The van der Waals surface area contributed by atoms with Crippen LogP contribution >= 0.6 is 11.8 Å². The van der Waals surface area contributed by atoms with E-state index in [-0.39, 0.29) is 17.9 Å². The minimum Gasteiger partial charge on any atom is -0.497 e. The lowest BCUT2D eigenvalue weighted by atomic mass is 10.1. The highest BCUT2D eigenvalue weighted by Crippen LogP contribution is 2.42. The fraction of sp³-hybridized carbons (Fsp3) is 0.154. The van der Waals surface area contributed by atoms with Crippen LogP contribution in [0.4, 0.5) is 5.69 Å². The molecule has 0 bridgehead atoms. The maximum absolute atomic E-state index is 13.0. The maximum atomic E-state index is 13.0. The number of carbonyl (C=O) groups excluding carboxylic acids is 2. The third-order valence-corrected chi connectivity index (χ3v) is 6.43. The molecule has 4 rings (SSSR count). The maximum Gasteiger partial charge on any atom is 0.264 e. The molecular weight excluding hydrogens is 420 g/mol. The summed E-state index contributed by atoms with van der Waals surface area (Å²) in [5.74, 6) is 0.454. The SMILES string of the molecule is COc1cccc(/C=C2\Sc3ccc(C(=O)NC(C)c4ccccc4)cc3N(C)C2=O)c1. The van der Waals surface area contributed by atoms with E-state index >= 15 is 0 Å². The number of thioether (sulfide) groups is 1. The Morgan fingerprint density at radius 3 is 2.59 bits per heavy atom. The summed E-state index contributed by atoms with van der Waals surface area (Å²) in [5.41, 5.74) is 3.17. The molecule has 0 aromatic heterocycles. The van der Waals surface area contributed by atoms with Gasteiger partial charge in [0, 0.05) is 17.5 Å². The molecule has 1 aliphatic rings. The fourth-order valence-corrected chi connectivity index (χ4v) is 4.62. The smallest absolute Gasteiger partial charge is 0.264 e. The monoisotopic (exact) mass is 444 g/mol. The van der Waals surface area contributed by atoms with Gasteiger partial charge >= 0.3 is 0 Å². The van der Waals surface area contributed by atoms with E-state index in [1.807, 2.05) is 73.7 Å². The molecular formula is C26H24N2O3S. The van der Waals surface area contributed by atoms with Crippen molar-refractivity contribution >= 4 is 35.3 Å². The quantitative estimate of drug-likeness (QED) is 0.543. The Kier molecular flexibility index (Phi) is 6.32. The predicted molar refractivity (Wildman–Crippen MR) is 129 cm³/mol. The minimum atomic E-state index is -0.173. The lowest BCUT2D eigenvalue weighted by Gasteiger charge is -2.27. The molecule has 2 amide bonds. The first-order valence-corrected chi connectivity index (χ1v) is 11.1. The summed E-state index contributed by atoms with van der Waals surface area (Å²) in [4.78, 5) is 29.0. The summed E-state index contributed by atoms with van der Waals surface area (Å²) in [6.07, 6.45) is 1.86. The van der Waals surface area contributed by atoms with Crippen molar-refractivity contribution in [2.24, 2.45) is 0 Å². The molecule has 3 aromatic rings. The van der Waals surface area contributed by atoms with E-state index < -0.39 is 0 Å². The zero-order valence-corrected chi connectivity index (χ0v) is 19.0. The van der Waals surface area contributed by atoms with Gasteiger partial charge in [0.25, 0.3) is 11.8 Å². The molecule has 5 nitrogen and oxygen atoms in total. The minimum absolute atomic E-state index is 0.111. The van der Waals surface area contributed by atoms with Crippen molar-refractivity contribution < 1.29 is 14.3 Å². The van der Waals surface area contributed by atoms with Crippen LogP contribution in [-0.2, 0) is 4.79 Å². The number of methoxy groups -OCH3 is 1. The first-order chi connectivity index (χ1) is 15.5. The van der Waals surface area contributed by atoms with Crippen LogP contribution in [0.15, 0.2) is 82.6 Å². The van der Waals surface area contributed by atoms with Gasteiger partial charge in [-0.3, -0.25) is 9.59 Å². The molecule has 1 N–H and O–H groups in total. The summed E-state index contributed by atoms with van der Waals surface area (Å²) in [7, 11) is 3.35. The van der Waals surface area contributed by atoms with E-state index in [9.17, 15) is 9.59 Å². The van der Waals surface area contributed by atoms with Crippen LogP contribution in [0, 0.1) is 0 Å². The fourth-order valence-electron chi connectivity index (χ4n) is 3.52. The number of anilines is 1. The van der Waals surface area contributed by atoms with Gasteiger partial charge in [-0.2, -0.15) is 0 Å². The number of likely N-dealkylation sites (N-methyl/N-ethyl adjacent to an activating group) is 1. The molecule has 0 radical (unpaired) electrons. The zero-order valence-electron chi connectivity index (χ0n) is 18.2. The second-order valence-electron chi connectivity index (χ2n) is 7.54. The van der Waals surface area contributed by atoms with E-state index in [4.69, 9.17) is 4.74 Å². The first-order valence-electron chi connectivity index (χ1n) is 10.3. The molecule has 0 saturated carbocycles. The van der Waals surface area contributed by atoms with Crippen LogP contribution in [0.25, 0.3) is 6.08 Å². The van der Waals surface area contributed by atoms with Crippen LogP contribution in [-0.4, -0.2) is 26.0 Å². The van der Waals surface area contributed by atoms with Crippen LogP contribution in [0.5, 0.6) is 5.75 Å². The van der Waals surface area contributed by atoms with Crippen LogP contribution in [0.1, 0.15) is 34.5 Å². The van der Waals surface area contributed by atoms with Crippen molar-refractivity contribution in [3.63, 3.8) is 0 Å². The first kappa shape index (κ1) is 21.7. The second kappa shape index (κ2) is 9.32. The number of fused-ring (bicyclic) bond motifs is 1. The molecule has 162 valence electrons. The molecule has 0 aliphatic carbocycles. The van der Waals surface area contributed by atoms with E-state index in [1.165, 1.54) is 11.8 Å². The highest BCUT2D eigenvalue weighted by Gasteiger charge is 2.27. The van der Waals surface area contributed by atoms with Crippen molar-refractivity contribution in [3.05, 3.63) is 94.4 Å². The normalized spacial score (nSPS) is 15.3. The Morgan fingerprint density at radius 2 is 1.84 bits per heavy atom. The molecule has 0 saturated heterocycles. The van der Waals surface area contributed by atoms with Gasteiger partial charge in [0.15, 0.2) is 0 Å². The van der Waals surface area contributed by atoms with Gasteiger partial charge in [0.2, 0.25) is 0 Å². The third-order valence-electron chi connectivity index (χ3n) is 5.36. The van der Waals surface area contributed by atoms with E-state index in [0.717, 1.165) is 27.5 Å². The summed E-state index contributed by atoms with van der Waals surface area (Å²) < 4.78 is 5.27. The number of amides is 2. The number of benzene rings is 3. The Hall–Kier alpha value is -3.51. The number of nitrogens with zero attached hydrogens (tertiary/aromatic N) is 1. The third kappa shape index (κ3) is 4.55. The zero-order chi connectivity index (χ0) is 22.7. The summed E-state index contributed by atoms with van der Waals surface area (Å²) in [6, 6.07) is 22.7. The number of rotatable bonds is 5. The van der Waals surface area contributed by atoms with Crippen molar-refractivity contribution in [3.8, 4) is 5.75 Å². The van der Waals surface area contributed by atoms with Gasteiger partial charge in [-0.25, -0.2) is 0 Å². The van der Waals surface area contributed by atoms with Crippen molar-refractivity contribution in [2.75, 3.05) is 19.1 Å². The predicted octanol–water partition coefficient (Wildman–Crippen LogP) is 5.30. The number of ether oxygens (including phenoxy) is 1. The molecule has 0 fully saturated rings. The number of carbonyl (C=O) groups is 2. The molecule has 1 heterocycles. The van der Waals surface area contributed by atoms with E-state index in [1.54, 1.807) is 31.2 Å². The van der Waals surface area contributed by atoms with Gasteiger partial charge in [0.1, 0.15) is 5.75 Å². The summed E-state index contributed by atoms with van der Waals surface area (Å²) in [5, 5.41) is 3.03. The molecule has 32 heavy (non-hydrogen) atoms. The molecule has 6 heteroatoms. The lowest BCUT2D eigenvalue weighted by molar-refractivity contribution is -0.114. The molecule has 3 aromatic carbocycles. The van der Waals surface area contributed by atoms with Crippen LogP contribution < -0.4 is 15.0 Å². The number of nitrogens with one attached hydrogen (secondary N) is 1. The van der Waals surface area contributed by atoms with E-state index in [0.29, 0.717) is 10.5 Å². The summed E-state index contributed by atoms with van der Waals surface area (Å²) >= 11 is 1.41. The standard InChI is InChI=1S/C26H24N2O3S/c1-17(19-9-5-4-6-10-19)27-25(29)20-12-13-23-22(16-20)28(2)26(30)24(32-23)15-18-8-7-11-21(14-18)31-3/h4-17H,1-3H3,(H,27,29)/b24-15-. The largest absolute Gasteiger partial charge is 0.497 e. The Labute approximate surface area is 192 Å². The Morgan fingerprint density at radius 1 is 1.06 bits per heavy atom. The highest BCUT2D eigenvalue weighted by atomic mass is 32.2. The highest BCUT2D eigenvalue weighted by molar-refractivity contribution is 8.04. The average molecular weight is 445 g/mol. The van der Waals surface area contributed by atoms with Crippen molar-refractivity contribution in [1.29, 1.82) is 0 Å². The number of hydrogen-bond acceptors (Lipinski definition) is 4. The van der Waals surface area contributed by atoms with Crippen molar-refractivity contribution in [1.82, 2.24) is 5.32 Å². The number of hydrogen-bond donors (Lipinski definition) is 1. The van der Waals surface area contributed by atoms with Gasteiger partial charge in [-0.15, -0.1) is 0 Å². The molecule has 1 unspecified atom stereocenters. The lowest BCUT2D eigenvalue weighted by Crippen LogP contribution is -2.31. The Bertz CT molecular complexity index is 1190. The van der Waals surface area contributed by atoms with Gasteiger partial charge in [0.05, 0.1) is 23.7 Å². The van der Waals surface area contributed by atoms with Gasteiger partial charge < -0.3 is 15.0 Å². The average Bonchev–Trinajstić information content (AvgIpc) is 2.82. The second-order valence-corrected chi connectivity index (χ2v) is 8.62. The van der Waals surface area contributed by atoms with Crippen LogP contribution in [0.2, 0.25) is 0 Å².